The minimum absolute atomic E-state index is 0.0516. The van der Waals surface area contributed by atoms with Crippen LogP contribution in [0.15, 0.2) is 60.7 Å². The predicted octanol–water partition coefficient (Wildman–Crippen LogP) is 7.20. The van der Waals surface area contributed by atoms with Crippen LogP contribution in [0.25, 0.3) is 0 Å². The van der Waals surface area contributed by atoms with Gasteiger partial charge in [0.2, 0.25) is 0 Å². The van der Waals surface area contributed by atoms with Crippen molar-refractivity contribution < 1.29 is 14.3 Å². The SMILES string of the molecule is CCOc1ccc(C(=O)NCc2ccc(Cl)cc2Cl)cc1COc1ccccc1C(C)(C)C. The van der Waals surface area contributed by atoms with Crippen molar-refractivity contribution in [2.24, 2.45) is 0 Å². The van der Waals surface area contributed by atoms with E-state index in [0.717, 1.165) is 22.4 Å². The van der Waals surface area contributed by atoms with E-state index in [1.165, 1.54) is 0 Å². The van der Waals surface area contributed by atoms with Gasteiger partial charge in [-0.2, -0.15) is 0 Å². The maximum absolute atomic E-state index is 12.8. The molecule has 1 amide bonds. The van der Waals surface area contributed by atoms with Gasteiger partial charge in [-0.1, -0.05) is 68.2 Å². The van der Waals surface area contributed by atoms with Gasteiger partial charge in [0.25, 0.3) is 5.91 Å². The molecule has 0 spiro atoms. The molecule has 0 aromatic heterocycles. The van der Waals surface area contributed by atoms with Gasteiger partial charge in [0.05, 0.1) is 6.61 Å². The molecule has 0 aliphatic carbocycles. The lowest BCUT2D eigenvalue weighted by Gasteiger charge is -2.23. The molecule has 33 heavy (non-hydrogen) atoms. The minimum Gasteiger partial charge on any atom is -0.493 e. The number of amides is 1. The molecule has 0 bridgehead atoms. The Hall–Kier alpha value is -2.69. The third-order valence-corrected chi connectivity index (χ3v) is 5.74. The second kappa shape index (κ2) is 11.0. The lowest BCUT2D eigenvalue weighted by Crippen LogP contribution is -2.23. The molecule has 4 nitrogen and oxygen atoms in total. The third kappa shape index (κ3) is 6.66. The molecule has 174 valence electrons. The molecule has 0 unspecified atom stereocenters. The highest BCUT2D eigenvalue weighted by Crippen LogP contribution is 2.32. The fourth-order valence-corrected chi connectivity index (χ4v) is 3.92. The van der Waals surface area contributed by atoms with Crippen molar-refractivity contribution in [3.8, 4) is 11.5 Å². The van der Waals surface area contributed by atoms with Crippen molar-refractivity contribution >= 4 is 29.1 Å². The molecule has 0 saturated heterocycles. The van der Waals surface area contributed by atoms with E-state index in [9.17, 15) is 4.79 Å². The van der Waals surface area contributed by atoms with Crippen molar-refractivity contribution in [1.82, 2.24) is 5.32 Å². The third-order valence-electron chi connectivity index (χ3n) is 5.16. The number of hydrogen-bond donors (Lipinski definition) is 1. The van der Waals surface area contributed by atoms with Crippen LogP contribution in [-0.2, 0) is 18.6 Å². The Kier molecular flexibility index (Phi) is 8.28. The number of carbonyl (C=O) groups is 1. The predicted molar refractivity (Wildman–Crippen MR) is 135 cm³/mol. The number of halogens is 2. The number of carbonyl (C=O) groups excluding carboxylic acids is 1. The fourth-order valence-electron chi connectivity index (χ4n) is 3.44. The number of rotatable bonds is 8. The van der Waals surface area contributed by atoms with Crippen LogP contribution in [0.2, 0.25) is 10.0 Å². The van der Waals surface area contributed by atoms with Gasteiger partial charge < -0.3 is 14.8 Å². The van der Waals surface area contributed by atoms with Gasteiger partial charge in [-0.15, -0.1) is 0 Å². The highest BCUT2D eigenvalue weighted by molar-refractivity contribution is 6.35. The summed E-state index contributed by atoms with van der Waals surface area (Å²) < 4.78 is 12.0. The van der Waals surface area contributed by atoms with Gasteiger partial charge in [-0.25, -0.2) is 0 Å². The Morgan fingerprint density at radius 2 is 1.67 bits per heavy atom. The molecule has 0 heterocycles. The standard InChI is InChI=1S/C27H29Cl2NO3/c1-5-32-24-13-11-18(26(31)30-16-19-10-12-21(28)15-23(19)29)14-20(24)17-33-25-9-7-6-8-22(25)27(2,3)4/h6-15H,5,16-17H2,1-4H3,(H,30,31). The zero-order valence-corrected chi connectivity index (χ0v) is 20.9. The molecule has 6 heteroatoms. The monoisotopic (exact) mass is 485 g/mol. The molecule has 3 aromatic rings. The topological polar surface area (TPSA) is 47.6 Å². The summed E-state index contributed by atoms with van der Waals surface area (Å²) in [7, 11) is 0. The summed E-state index contributed by atoms with van der Waals surface area (Å²) >= 11 is 12.2. The first-order valence-corrected chi connectivity index (χ1v) is 11.6. The van der Waals surface area contributed by atoms with E-state index < -0.39 is 0 Å². The van der Waals surface area contributed by atoms with E-state index in [1.807, 2.05) is 37.3 Å². The maximum Gasteiger partial charge on any atom is 0.251 e. The second-order valence-electron chi connectivity index (χ2n) is 8.71. The Balaban J connectivity index is 1.77. The number of nitrogens with one attached hydrogen (secondary N) is 1. The second-order valence-corrected chi connectivity index (χ2v) is 9.55. The Labute approximate surface area is 205 Å². The number of ether oxygens (including phenoxy) is 2. The van der Waals surface area contributed by atoms with Gasteiger partial charge in [-0.3, -0.25) is 4.79 Å². The summed E-state index contributed by atoms with van der Waals surface area (Å²) in [6.07, 6.45) is 0. The molecule has 1 N–H and O–H groups in total. The van der Waals surface area contributed by atoms with Gasteiger partial charge in [0, 0.05) is 27.7 Å². The van der Waals surface area contributed by atoms with E-state index in [2.05, 4.69) is 32.2 Å². The Morgan fingerprint density at radius 3 is 2.36 bits per heavy atom. The molecule has 3 rings (SSSR count). The quantitative estimate of drug-likeness (QED) is 0.366. The summed E-state index contributed by atoms with van der Waals surface area (Å²) in [5.74, 6) is 1.31. The number of benzene rings is 3. The van der Waals surface area contributed by atoms with Gasteiger partial charge >= 0.3 is 0 Å². The largest absolute Gasteiger partial charge is 0.493 e. The summed E-state index contributed by atoms with van der Waals surface area (Å²) in [5.41, 5.74) is 3.19. The molecule has 0 fully saturated rings. The minimum atomic E-state index is -0.208. The van der Waals surface area contributed by atoms with E-state index >= 15 is 0 Å². The van der Waals surface area contributed by atoms with Crippen LogP contribution in [0.1, 0.15) is 54.7 Å². The average molecular weight is 486 g/mol. The highest BCUT2D eigenvalue weighted by Gasteiger charge is 2.19. The van der Waals surface area contributed by atoms with Crippen molar-refractivity contribution in [3.05, 3.63) is 93.0 Å². The molecular formula is C27H29Cl2NO3. The summed E-state index contributed by atoms with van der Waals surface area (Å²) in [4.78, 5) is 12.8. The Bertz CT molecular complexity index is 1120. The molecular weight excluding hydrogens is 457 g/mol. The normalized spacial score (nSPS) is 11.2. The van der Waals surface area contributed by atoms with Crippen LogP contribution in [0.5, 0.6) is 11.5 Å². The zero-order valence-electron chi connectivity index (χ0n) is 19.4. The number of para-hydroxylation sites is 1. The summed E-state index contributed by atoms with van der Waals surface area (Å²) in [5, 5.41) is 3.98. The van der Waals surface area contributed by atoms with Crippen LogP contribution >= 0.6 is 23.2 Å². The lowest BCUT2D eigenvalue weighted by atomic mass is 9.86. The first-order valence-electron chi connectivity index (χ1n) is 10.9. The maximum atomic E-state index is 12.8. The lowest BCUT2D eigenvalue weighted by molar-refractivity contribution is 0.0950. The van der Waals surface area contributed by atoms with Crippen LogP contribution in [0.4, 0.5) is 0 Å². The van der Waals surface area contributed by atoms with Crippen LogP contribution in [0.3, 0.4) is 0 Å². The zero-order chi connectivity index (χ0) is 24.0. The summed E-state index contributed by atoms with van der Waals surface area (Å²) in [6.45, 7) is 9.48. The van der Waals surface area contributed by atoms with Gasteiger partial charge in [0.1, 0.15) is 18.1 Å². The van der Waals surface area contributed by atoms with Gasteiger partial charge in [-0.05, 0) is 59.9 Å². The summed E-state index contributed by atoms with van der Waals surface area (Å²) in [6, 6.07) is 18.6. The Morgan fingerprint density at radius 1 is 0.909 bits per heavy atom. The first-order chi connectivity index (χ1) is 15.7. The van der Waals surface area contributed by atoms with E-state index in [1.54, 1.807) is 24.3 Å². The molecule has 3 aromatic carbocycles. The molecule has 0 aliphatic heterocycles. The molecule has 0 radical (unpaired) electrons. The van der Waals surface area contributed by atoms with E-state index in [0.29, 0.717) is 34.5 Å². The van der Waals surface area contributed by atoms with Crippen molar-refractivity contribution in [3.63, 3.8) is 0 Å². The molecule has 0 saturated carbocycles. The smallest absolute Gasteiger partial charge is 0.251 e. The average Bonchev–Trinajstić information content (AvgIpc) is 2.77. The van der Waals surface area contributed by atoms with E-state index in [-0.39, 0.29) is 17.9 Å². The molecule has 0 aliphatic rings. The fraction of sp³-hybridized carbons (Fsp3) is 0.296. The van der Waals surface area contributed by atoms with Crippen molar-refractivity contribution in [1.29, 1.82) is 0 Å². The van der Waals surface area contributed by atoms with Crippen LogP contribution in [0, 0.1) is 0 Å². The van der Waals surface area contributed by atoms with Crippen molar-refractivity contribution in [2.45, 2.75) is 46.3 Å². The van der Waals surface area contributed by atoms with Crippen molar-refractivity contribution in [2.75, 3.05) is 6.61 Å². The van der Waals surface area contributed by atoms with E-state index in [4.69, 9.17) is 32.7 Å². The first kappa shape index (κ1) is 24.9. The van der Waals surface area contributed by atoms with Crippen LogP contribution in [-0.4, -0.2) is 12.5 Å². The highest BCUT2D eigenvalue weighted by atomic mass is 35.5. The van der Waals surface area contributed by atoms with Gasteiger partial charge in [0.15, 0.2) is 0 Å². The van der Waals surface area contributed by atoms with Crippen LogP contribution < -0.4 is 14.8 Å². The molecule has 0 atom stereocenters. The number of hydrogen-bond acceptors (Lipinski definition) is 3.